The summed E-state index contributed by atoms with van der Waals surface area (Å²) >= 11 is 0. The Bertz CT molecular complexity index is 1210. The van der Waals surface area contributed by atoms with E-state index < -0.39 is 29.3 Å². The summed E-state index contributed by atoms with van der Waals surface area (Å²) in [6.45, 7) is 2.57. The summed E-state index contributed by atoms with van der Waals surface area (Å²) in [5.41, 5.74) is -0.858. The molecular formula is C23H20F3N3O5. The first-order valence-corrected chi connectivity index (χ1v) is 10.4. The predicted molar refractivity (Wildman–Crippen MR) is 113 cm³/mol. The van der Waals surface area contributed by atoms with Gasteiger partial charge in [-0.05, 0) is 48.9 Å². The van der Waals surface area contributed by atoms with Crippen molar-refractivity contribution in [1.29, 1.82) is 0 Å². The lowest BCUT2D eigenvalue weighted by Gasteiger charge is -2.19. The molecule has 3 aromatic rings. The number of esters is 1. The summed E-state index contributed by atoms with van der Waals surface area (Å²) in [6, 6.07) is 10.7. The van der Waals surface area contributed by atoms with Gasteiger partial charge in [0.2, 0.25) is 0 Å². The number of carbonyl (C=O) groups excluding carboxylic acids is 2. The number of hydrogen-bond acceptors (Lipinski definition) is 6. The van der Waals surface area contributed by atoms with Crippen molar-refractivity contribution in [3.05, 3.63) is 71.0 Å². The highest BCUT2D eigenvalue weighted by molar-refractivity contribution is 5.94. The molecule has 2 aromatic carbocycles. The van der Waals surface area contributed by atoms with E-state index >= 15 is 0 Å². The Kier molecular flexibility index (Phi) is 6.44. The van der Waals surface area contributed by atoms with Gasteiger partial charge in [-0.3, -0.25) is 4.79 Å². The largest absolute Gasteiger partial charge is 0.486 e. The number of amides is 1. The van der Waals surface area contributed by atoms with Crippen molar-refractivity contribution in [3.8, 4) is 17.2 Å². The molecule has 34 heavy (non-hydrogen) atoms. The molecule has 0 atom stereocenters. The Morgan fingerprint density at radius 1 is 1.09 bits per heavy atom. The van der Waals surface area contributed by atoms with Crippen LogP contribution in [0.2, 0.25) is 0 Å². The number of carbonyl (C=O) groups is 2. The number of ether oxygens (including phenoxy) is 3. The third-order valence-electron chi connectivity index (χ3n) is 4.97. The first-order chi connectivity index (χ1) is 16.3. The maximum absolute atomic E-state index is 13.7. The monoisotopic (exact) mass is 475 g/mol. The Labute approximate surface area is 192 Å². The number of benzene rings is 2. The fourth-order valence-electron chi connectivity index (χ4n) is 3.41. The zero-order valence-electron chi connectivity index (χ0n) is 18.0. The van der Waals surface area contributed by atoms with Crippen LogP contribution in [0.4, 0.5) is 13.2 Å². The summed E-state index contributed by atoms with van der Waals surface area (Å²) < 4.78 is 57.2. The van der Waals surface area contributed by atoms with Gasteiger partial charge in [0.1, 0.15) is 18.8 Å². The summed E-state index contributed by atoms with van der Waals surface area (Å²) in [7, 11) is 0. The topological polar surface area (TPSA) is 91.7 Å². The Morgan fingerprint density at radius 3 is 2.47 bits per heavy atom. The van der Waals surface area contributed by atoms with Crippen molar-refractivity contribution >= 4 is 11.9 Å². The highest BCUT2D eigenvalue weighted by Crippen LogP contribution is 2.34. The van der Waals surface area contributed by atoms with Gasteiger partial charge < -0.3 is 19.5 Å². The van der Waals surface area contributed by atoms with Gasteiger partial charge in [-0.1, -0.05) is 6.07 Å². The summed E-state index contributed by atoms with van der Waals surface area (Å²) in [6.07, 6.45) is -4.03. The molecule has 11 heteroatoms. The zero-order chi connectivity index (χ0) is 24.3. The second-order valence-corrected chi connectivity index (χ2v) is 7.24. The standard InChI is InChI=1S/C23H20F3N3O5/c1-2-32-22(31)17-13-28-29(20(17)23(24,25)26)16-6-4-15(5-7-16)21(30)27-12-14-3-8-18-19(11-14)34-10-9-33-18/h3-8,11,13H,2,9-10,12H2,1H3,(H,27,30). The van der Waals surface area contributed by atoms with Crippen LogP contribution in [0.3, 0.4) is 0 Å². The molecule has 1 aliphatic heterocycles. The fourth-order valence-corrected chi connectivity index (χ4v) is 3.41. The zero-order valence-corrected chi connectivity index (χ0v) is 18.0. The molecule has 1 aromatic heterocycles. The molecule has 1 aliphatic rings. The molecule has 0 spiro atoms. The molecule has 1 N–H and O–H groups in total. The molecule has 4 rings (SSSR count). The van der Waals surface area contributed by atoms with Gasteiger partial charge in [0, 0.05) is 12.1 Å². The number of halogens is 3. The Hall–Kier alpha value is -4.02. The minimum absolute atomic E-state index is 0.0336. The minimum Gasteiger partial charge on any atom is -0.486 e. The Morgan fingerprint density at radius 2 is 1.79 bits per heavy atom. The average Bonchev–Trinajstić information content (AvgIpc) is 3.29. The highest BCUT2D eigenvalue weighted by Gasteiger charge is 2.41. The van der Waals surface area contributed by atoms with Crippen molar-refractivity contribution in [2.45, 2.75) is 19.6 Å². The van der Waals surface area contributed by atoms with Gasteiger partial charge in [0.25, 0.3) is 5.91 Å². The van der Waals surface area contributed by atoms with E-state index in [9.17, 15) is 22.8 Å². The maximum atomic E-state index is 13.7. The van der Waals surface area contributed by atoms with Crippen LogP contribution in [0.5, 0.6) is 11.5 Å². The van der Waals surface area contributed by atoms with Crippen LogP contribution < -0.4 is 14.8 Å². The van der Waals surface area contributed by atoms with E-state index in [1.54, 1.807) is 18.2 Å². The number of aromatic nitrogens is 2. The van der Waals surface area contributed by atoms with E-state index in [-0.39, 0.29) is 24.4 Å². The average molecular weight is 475 g/mol. The molecule has 178 valence electrons. The lowest BCUT2D eigenvalue weighted by atomic mass is 10.1. The fraction of sp³-hybridized carbons (Fsp3) is 0.261. The highest BCUT2D eigenvalue weighted by atomic mass is 19.4. The Balaban J connectivity index is 1.49. The normalized spacial score (nSPS) is 12.8. The van der Waals surface area contributed by atoms with Crippen molar-refractivity contribution in [1.82, 2.24) is 15.1 Å². The van der Waals surface area contributed by atoms with Crippen LogP contribution in [0.25, 0.3) is 5.69 Å². The van der Waals surface area contributed by atoms with Gasteiger partial charge in [-0.15, -0.1) is 0 Å². The smallest absolute Gasteiger partial charge is 0.434 e. The van der Waals surface area contributed by atoms with Crippen LogP contribution in [0.1, 0.15) is 38.9 Å². The summed E-state index contributed by atoms with van der Waals surface area (Å²) in [5, 5.41) is 6.47. The molecule has 8 nitrogen and oxygen atoms in total. The minimum atomic E-state index is -4.85. The van der Waals surface area contributed by atoms with Crippen LogP contribution in [0.15, 0.2) is 48.7 Å². The molecule has 0 unspecified atom stereocenters. The number of alkyl halides is 3. The molecule has 0 fully saturated rings. The summed E-state index contributed by atoms with van der Waals surface area (Å²) in [4.78, 5) is 24.4. The molecule has 0 saturated heterocycles. The van der Waals surface area contributed by atoms with Gasteiger partial charge in [0.15, 0.2) is 17.2 Å². The van der Waals surface area contributed by atoms with Crippen molar-refractivity contribution in [2.75, 3.05) is 19.8 Å². The maximum Gasteiger partial charge on any atom is 0.434 e. The van der Waals surface area contributed by atoms with E-state index in [0.29, 0.717) is 29.4 Å². The van der Waals surface area contributed by atoms with Crippen LogP contribution in [-0.4, -0.2) is 41.5 Å². The van der Waals surface area contributed by atoms with Crippen LogP contribution >= 0.6 is 0 Å². The third kappa shape index (κ3) is 4.82. The van der Waals surface area contributed by atoms with Crippen LogP contribution in [0, 0.1) is 0 Å². The molecule has 0 radical (unpaired) electrons. The molecule has 0 aliphatic carbocycles. The van der Waals surface area contributed by atoms with Crippen molar-refractivity contribution in [2.24, 2.45) is 0 Å². The molecular weight excluding hydrogens is 455 g/mol. The number of nitrogens with one attached hydrogen (secondary N) is 1. The lowest BCUT2D eigenvalue weighted by molar-refractivity contribution is -0.143. The van der Waals surface area contributed by atoms with E-state index in [1.165, 1.54) is 31.2 Å². The van der Waals surface area contributed by atoms with Gasteiger partial charge in [0.05, 0.1) is 18.5 Å². The SMILES string of the molecule is CCOC(=O)c1cnn(-c2ccc(C(=O)NCc3ccc4c(c3)OCCO4)cc2)c1C(F)(F)F. The van der Waals surface area contributed by atoms with E-state index in [2.05, 4.69) is 10.4 Å². The number of hydrogen-bond donors (Lipinski definition) is 1. The second-order valence-electron chi connectivity index (χ2n) is 7.24. The summed E-state index contributed by atoms with van der Waals surface area (Å²) in [5.74, 6) is -0.287. The lowest BCUT2D eigenvalue weighted by Crippen LogP contribution is -2.23. The van der Waals surface area contributed by atoms with Crippen LogP contribution in [-0.2, 0) is 17.5 Å². The first kappa shape index (κ1) is 23.1. The van der Waals surface area contributed by atoms with E-state index in [1.807, 2.05) is 0 Å². The van der Waals surface area contributed by atoms with Gasteiger partial charge in [-0.2, -0.15) is 18.3 Å². The van der Waals surface area contributed by atoms with Gasteiger partial charge in [-0.25, -0.2) is 9.48 Å². The number of nitrogens with zero attached hydrogens (tertiary/aromatic N) is 2. The number of rotatable bonds is 6. The third-order valence-corrected chi connectivity index (χ3v) is 4.97. The van der Waals surface area contributed by atoms with E-state index in [4.69, 9.17) is 14.2 Å². The predicted octanol–water partition coefficient (Wildman–Crippen LogP) is 3.77. The number of fused-ring (bicyclic) bond motifs is 1. The van der Waals surface area contributed by atoms with Crippen molar-refractivity contribution in [3.63, 3.8) is 0 Å². The molecule has 2 heterocycles. The van der Waals surface area contributed by atoms with E-state index in [0.717, 1.165) is 11.8 Å². The molecule has 0 bridgehead atoms. The molecule has 0 saturated carbocycles. The quantitative estimate of drug-likeness (QED) is 0.546. The first-order valence-electron chi connectivity index (χ1n) is 10.4. The van der Waals surface area contributed by atoms with Crippen molar-refractivity contribution < 1.29 is 37.0 Å². The second kappa shape index (κ2) is 9.46. The molecule has 1 amide bonds. The van der Waals surface area contributed by atoms with Gasteiger partial charge >= 0.3 is 12.1 Å².